The summed E-state index contributed by atoms with van der Waals surface area (Å²) in [5.74, 6) is 0.390. The van der Waals surface area contributed by atoms with E-state index in [-0.39, 0.29) is 24.2 Å². The fourth-order valence-electron chi connectivity index (χ4n) is 2.96. The summed E-state index contributed by atoms with van der Waals surface area (Å²) >= 11 is 0. The van der Waals surface area contributed by atoms with Crippen molar-refractivity contribution in [2.45, 2.75) is 26.4 Å². The van der Waals surface area contributed by atoms with E-state index in [1.165, 1.54) is 6.21 Å². The van der Waals surface area contributed by atoms with Crippen LogP contribution in [0.5, 0.6) is 11.5 Å². The number of carbonyl (C=O) groups excluding carboxylic acids is 2. The van der Waals surface area contributed by atoms with Crippen molar-refractivity contribution >= 4 is 23.7 Å². The van der Waals surface area contributed by atoms with E-state index in [4.69, 9.17) is 9.47 Å². The maximum Gasteiger partial charge on any atom is 0.248 e. The molecule has 2 N–H and O–H groups in total. The van der Waals surface area contributed by atoms with Crippen LogP contribution in [0.25, 0.3) is 0 Å². The van der Waals surface area contributed by atoms with Crippen molar-refractivity contribution in [3.05, 3.63) is 59.7 Å². The number of carbonyl (C=O) groups is 2. The molecule has 1 unspecified atom stereocenters. The van der Waals surface area contributed by atoms with Crippen molar-refractivity contribution in [1.29, 1.82) is 0 Å². The minimum absolute atomic E-state index is 0.176. The number of hydrogen-bond donors (Lipinski definition) is 2. The Morgan fingerprint density at radius 1 is 1.23 bits per heavy atom. The van der Waals surface area contributed by atoms with Crippen LogP contribution in [0.2, 0.25) is 0 Å². The first-order valence-electron chi connectivity index (χ1n) is 9.57. The quantitative estimate of drug-likeness (QED) is 0.492. The van der Waals surface area contributed by atoms with E-state index >= 15 is 0 Å². The van der Waals surface area contributed by atoms with Crippen LogP contribution in [0.1, 0.15) is 30.9 Å². The zero-order valence-corrected chi connectivity index (χ0v) is 16.9. The second-order valence-corrected chi connectivity index (χ2v) is 6.80. The average molecular weight is 408 g/mol. The van der Waals surface area contributed by atoms with E-state index in [0.29, 0.717) is 30.2 Å². The van der Waals surface area contributed by atoms with Gasteiger partial charge in [-0.1, -0.05) is 30.3 Å². The predicted octanol–water partition coefficient (Wildman–Crippen LogP) is 2.63. The molecule has 0 radical (unpaired) electrons. The standard InChI is InChI=1S/C22H24N4O4/c1-15-18(22(28)26-24-15)9-11-21(27)25-23-13-17-8-10-19(29-2)20(12-17)30-14-16-6-4-3-5-7-16/h3-8,10,12-13,18H,9,11,14H2,1-2H3,(H,25,27)(H,26,28). The lowest BCUT2D eigenvalue weighted by Gasteiger charge is -2.11. The zero-order chi connectivity index (χ0) is 21.3. The molecule has 2 aromatic carbocycles. The number of amides is 2. The summed E-state index contributed by atoms with van der Waals surface area (Å²) in [5, 5.41) is 7.86. The van der Waals surface area contributed by atoms with Gasteiger partial charge in [-0.25, -0.2) is 10.9 Å². The molecular formula is C22H24N4O4. The fraction of sp³-hybridized carbons (Fsp3) is 0.273. The van der Waals surface area contributed by atoms with Crippen molar-refractivity contribution in [2.24, 2.45) is 16.1 Å². The second kappa shape index (κ2) is 10.2. The Balaban J connectivity index is 1.53. The van der Waals surface area contributed by atoms with Crippen LogP contribution in [-0.2, 0) is 16.2 Å². The summed E-state index contributed by atoms with van der Waals surface area (Å²) in [6.45, 7) is 2.17. The highest BCUT2D eigenvalue weighted by Crippen LogP contribution is 2.28. The van der Waals surface area contributed by atoms with E-state index in [1.807, 2.05) is 36.4 Å². The lowest BCUT2D eigenvalue weighted by molar-refractivity contribution is -0.123. The molecule has 8 heteroatoms. The molecule has 3 rings (SSSR count). The second-order valence-electron chi connectivity index (χ2n) is 6.80. The van der Waals surface area contributed by atoms with Crippen LogP contribution in [0.15, 0.2) is 58.7 Å². The number of ether oxygens (including phenoxy) is 2. The van der Waals surface area contributed by atoms with Gasteiger partial charge in [0.1, 0.15) is 6.61 Å². The molecule has 1 aliphatic heterocycles. The number of hydrazone groups is 2. The minimum atomic E-state index is -0.356. The van der Waals surface area contributed by atoms with Gasteiger partial charge >= 0.3 is 0 Å². The van der Waals surface area contributed by atoms with Gasteiger partial charge in [-0.15, -0.1) is 0 Å². The maximum atomic E-state index is 12.0. The van der Waals surface area contributed by atoms with Gasteiger partial charge in [-0.2, -0.15) is 10.2 Å². The molecule has 0 fully saturated rings. The molecule has 0 aromatic heterocycles. The van der Waals surface area contributed by atoms with Gasteiger partial charge in [-0.3, -0.25) is 9.59 Å². The van der Waals surface area contributed by atoms with Crippen molar-refractivity contribution in [1.82, 2.24) is 10.9 Å². The lowest BCUT2D eigenvalue weighted by Crippen LogP contribution is -2.25. The number of benzene rings is 2. The summed E-state index contributed by atoms with van der Waals surface area (Å²) in [6.07, 6.45) is 2.10. The van der Waals surface area contributed by atoms with Crippen LogP contribution in [0, 0.1) is 5.92 Å². The molecule has 1 heterocycles. The third-order valence-corrected chi connectivity index (χ3v) is 4.65. The van der Waals surface area contributed by atoms with Crippen LogP contribution in [-0.4, -0.2) is 30.9 Å². The van der Waals surface area contributed by atoms with Crippen molar-refractivity contribution in [3.63, 3.8) is 0 Å². The molecule has 0 saturated heterocycles. The normalized spacial score (nSPS) is 15.6. The third-order valence-electron chi connectivity index (χ3n) is 4.65. The predicted molar refractivity (Wildman–Crippen MR) is 113 cm³/mol. The molecule has 1 atom stereocenters. The first-order valence-corrected chi connectivity index (χ1v) is 9.57. The summed E-state index contributed by atoms with van der Waals surface area (Å²) in [4.78, 5) is 23.6. The topological polar surface area (TPSA) is 101 Å². The molecule has 8 nitrogen and oxygen atoms in total. The molecule has 0 aliphatic carbocycles. The molecule has 30 heavy (non-hydrogen) atoms. The Labute approximate surface area is 175 Å². The Hall–Kier alpha value is -3.68. The first-order chi connectivity index (χ1) is 14.6. The molecule has 0 spiro atoms. The summed E-state index contributed by atoms with van der Waals surface area (Å²) < 4.78 is 11.2. The fourth-order valence-corrected chi connectivity index (χ4v) is 2.96. The third kappa shape index (κ3) is 5.66. The van der Waals surface area contributed by atoms with E-state index in [0.717, 1.165) is 11.1 Å². The number of methoxy groups -OCH3 is 1. The Kier molecular flexibility index (Phi) is 7.15. The van der Waals surface area contributed by atoms with Crippen molar-refractivity contribution in [3.8, 4) is 11.5 Å². The van der Waals surface area contributed by atoms with Crippen LogP contribution in [0.3, 0.4) is 0 Å². The number of nitrogens with zero attached hydrogens (tertiary/aromatic N) is 2. The van der Waals surface area contributed by atoms with Gasteiger partial charge in [0.15, 0.2) is 11.5 Å². The van der Waals surface area contributed by atoms with Crippen LogP contribution < -0.4 is 20.3 Å². The number of hydrogen-bond acceptors (Lipinski definition) is 6. The summed E-state index contributed by atoms with van der Waals surface area (Å²) in [7, 11) is 1.58. The molecular weight excluding hydrogens is 384 g/mol. The first kappa shape index (κ1) is 21.0. The highest BCUT2D eigenvalue weighted by Gasteiger charge is 2.26. The van der Waals surface area contributed by atoms with E-state index in [2.05, 4.69) is 21.1 Å². The highest BCUT2D eigenvalue weighted by atomic mass is 16.5. The Morgan fingerprint density at radius 3 is 2.73 bits per heavy atom. The number of nitrogens with one attached hydrogen (secondary N) is 2. The zero-order valence-electron chi connectivity index (χ0n) is 16.9. The van der Waals surface area contributed by atoms with Crippen molar-refractivity contribution in [2.75, 3.05) is 7.11 Å². The minimum Gasteiger partial charge on any atom is -0.493 e. The maximum absolute atomic E-state index is 12.0. The molecule has 0 saturated carbocycles. The summed E-state index contributed by atoms with van der Waals surface area (Å²) in [5.41, 5.74) is 7.37. The Bertz CT molecular complexity index is 957. The molecule has 2 aromatic rings. The highest BCUT2D eigenvalue weighted by molar-refractivity contribution is 6.07. The Morgan fingerprint density at radius 2 is 2.03 bits per heavy atom. The van der Waals surface area contributed by atoms with E-state index < -0.39 is 0 Å². The summed E-state index contributed by atoms with van der Waals surface area (Å²) in [6, 6.07) is 15.2. The van der Waals surface area contributed by atoms with Crippen LogP contribution >= 0.6 is 0 Å². The van der Waals surface area contributed by atoms with Gasteiger partial charge < -0.3 is 9.47 Å². The van der Waals surface area contributed by atoms with E-state index in [1.54, 1.807) is 26.2 Å². The van der Waals surface area contributed by atoms with Gasteiger partial charge in [-0.05, 0) is 42.7 Å². The van der Waals surface area contributed by atoms with E-state index in [9.17, 15) is 9.59 Å². The molecule has 2 amide bonds. The molecule has 1 aliphatic rings. The van der Waals surface area contributed by atoms with Gasteiger partial charge in [0.25, 0.3) is 0 Å². The smallest absolute Gasteiger partial charge is 0.248 e. The van der Waals surface area contributed by atoms with Crippen LogP contribution in [0.4, 0.5) is 0 Å². The largest absolute Gasteiger partial charge is 0.493 e. The monoisotopic (exact) mass is 408 g/mol. The average Bonchev–Trinajstić information content (AvgIpc) is 3.09. The molecule has 156 valence electrons. The van der Waals surface area contributed by atoms with Gasteiger partial charge in [0.05, 0.1) is 19.2 Å². The van der Waals surface area contributed by atoms with Gasteiger partial charge in [0, 0.05) is 12.1 Å². The number of rotatable bonds is 9. The lowest BCUT2D eigenvalue weighted by atomic mass is 9.99. The van der Waals surface area contributed by atoms with Gasteiger partial charge in [0.2, 0.25) is 11.8 Å². The molecule has 0 bridgehead atoms. The SMILES string of the molecule is COc1ccc(C=NNC(=O)CCC2C(=O)NN=C2C)cc1OCc1ccccc1. The van der Waals surface area contributed by atoms with Crippen molar-refractivity contribution < 1.29 is 19.1 Å².